The summed E-state index contributed by atoms with van der Waals surface area (Å²) in [5.74, 6) is 0.979. The highest BCUT2D eigenvalue weighted by molar-refractivity contribution is 8.00. The third-order valence-corrected chi connectivity index (χ3v) is 5.62. The van der Waals surface area contributed by atoms with Crippen LogP contribution in [0.4, 0.5) is 4.79 Å². The first-order valence-electron chi connectivity index (χ1n) is 9.26. The third-order valence-electron chi connectivity index (χ3n) is 4.54. The summed E-state index contributed by atoms with van der Waals surface area (Å²) in [6.45, 7) is 3.02. The molecule has 1 aliphatic rings. The van der Waals surface area contributed by atoms with Crippen molar-refractivity contribution in [2.45, 2.75) is 42.8 Å². The second-order valence-electron chi connectivity index (χ2n) is 6.52. The van der Waals surface area contributed by atoms with Crippen molar-refractivity contribution in [3.05, 3.63) is 24.3 Å². The van der Waals surface area contributed by atoms with E-state index < -0.39 is 17.3 Å². The molecular formula is C19H24N4O5S. The summed E-state index contributed by atoms with van der Waals surface area (Å²) in [5, 5.41) is 10.8. The van der Waals surface area contributed by atoms with Crippen molar-refractivity contribution < 1.29 is 23.8 Å². The zero-order chi connectivity index (χ0) is 20.8. The number of amides is 2. The molecule has 9 nitrogen and oxygen atoms in total. The summed E-state index contributed by atoms with van der Waals surface area (Å²) >= 11 is 1.23. The van der Waals surface area contributed by atoms with E-state index in [0.29, 0.717) is 17.5 Å². The Morgan fingerprint density at radius 2 is 2.07 bits per heavy atom. The van der Waals surface area contributed by atoms with Gasteiger partial charge in [0.1, 0.15) is 5.75 Å². The minimum atomic E-state index is -0.790. The second kappa shape index (κ2) is 9.75. The van der Waals surface area contributed by atoms with E-state index in [2.05, 4.69) is 20.3 Å². The van der Waals surface area contributed by atoms with Gasteiger partial charge in [-0.2, -0.15) is 0 Å². The van der Waals surface area contributed by atoms with E-state index >= 15 is 0 Å². The molecule has 2 aromatic rings. The molecule has 29 heavy (non-hydrogen) atoms. The number of nitrogens with one attached hydrogen (secondary N) is 1. The van der Waals surface area contributed by atoms with E-state index in [1.54, 1.807) is 14.0 Å². The lowest BCUT2D eigenvalue weighted by atomic mass is 10.2. The van der Waals surface area contributed by atoms with Gasteiger partial charge >= 0.3 is 6.09 Å². The minimum Gasteiger partial charge on any atom is -0.497 e. The first kappa shape index (κ1) is 21.1. The molecule has 156 valence electrons. The van der Waals surface area contributed by atoms with E-state index in [1.165, 1.54) is 18.9 Å². The van der Waals surface area contributed by atoms with E-state index in [4.69, 9.17) is 9.47 Å². The lowest BCUT2D eigenvalue weighted by Gasteiger charge is -2.16. The molecule has 0 bridgehead atoms. The van der Waals surface area contributed by atoms with Gasteiger partial charge in [-0.1, -0.05) is 11.8 Å². The molecule has 1 N–H and O–H groups in total. The maximum absolute atomic E-state index is 12.2. The van der Waals surface area contributed by atoms with Crippen molar-refractivity contribution in [2.24, 2.45) is 0 Å². The Kier molecular flexibility index (Phi) is 7.10. The van der Waals surface area contributed by atoms with Crippen LogP contribution in [0.25, 0.3) is 11.4 Å². The summed E-state index contributed by atoms with van der Waals surface area (Å²) in [7, 11) is 2.82. The first-order chi connectivity index (χ1) is 14.0. The number of methoxy groups -OCH3 is 2. The summed E-state index contributed by atoms with van der Waals surface area (Å²) in [5.41, 5.74) is 0.884. The van der Waals surface area contributed by atoms with Crippen LogP contribution in [-0.2, 0) is 20.8 Å². The molecule has 2 amide bonds. The molecule has 0 unspecified atom stereocenters. The normalized spacial score (nSPS) is 17.0. The summed E-state index contributed by atoms with van der Waals surface area (Å²) in [4.78, 5) is 23.5. The Labute approximate surface area is 173 Å². The average molecular weight is 420 g/mol. The van der Waals surface area contributed by atoms with E-state index in [-0.39, 0.29) is 6.10 Å². The number of nitrogens with zero attached hydrogens (tertiary/aromatic N) is 3. The number of thioether (sulfide) groups is 1. The topological polar surface area (TPSA) is 105 Å². The zero-order valence-electron chi connectivity index (χ0n) is 16.6. The number of hydrogen-bond donors (Lipinski definition) is 1. The van der Waals surface area contributed by atoms with Crippen LogP contribution in [0.3, 0.4) is 0 Å². The van der Waals surface area contributed by atoms with Gasteiger partial charge in [0.05, 0.1) is 32.1 Å². The Morgan fingerprint density at radius 1 is 1.31 bits per heavy atom. The third kappa shape index (κ3) is 5.27. The van der Waals surface area contributed by atoms with Crippen molar-refractivity contribution >= 4 is 23.8 Å². The Balaban J connectivity index is 1.84. The van der Waals surface area contributed by atoms with Crippen LogP contribution in [0.5, 0.6) is 5.75 Å². The molecule has 0 saturated carbocycles. The van der Waals surface area contributed by atoms with Crippen LogP contribution < -0.4 is 10.1 Å². The smallest absolute Gasteiger partial charge is 0.413 e. The molecule has 3 rings (SSSR count). The minimum absolute atomic E-state index is 0.0709. The lowest BCUT2D eigenvalue weighted by molar-refractivity contribution is -0.119. The van der Waals surface area contributed by atoms with Crippen molar-refractivity contribution in [3.8, 4) is 17.1 Å². The molecule has 2 atom stereocenters. The molecule has 1 aromatic carbocycles. The molecule has 1 saturated heterocycles. The van der Waals surface area contributed by atoms with Gasteiger partial charge in [0.2, 0.25) is 5.91 Å². The fraction of sp³-hybridized carbons (Fsp3) is 0.474. The van der Waals surface area contributed by atoms with Gasteiger partial charge in [-0.25, -0.2) is 4.79 Å². The Bertz CT molecular complexity index is 849. The predicted molar refractivity (Wildman–Crippen MR) is 107 cm³/mol. The number of ether oxygens (including phenoxy) is 3. The van der Waals surface area contributed by atoms with Gasteiger partial charge in [-0.3, -0.25) is 14.7 Å². The van der Waals surface area contributed by atoms with E-state index in [9.17, 15) is 9.59 Å². The van der Waals surface area contributed by atoms with Crippen molar-refractivity contribution in [1.82, 2.24) is 20.1 Å². The standard InChI is InChI=1S/C19H24N4O5S/c1-12(17(24)20-19(25)27-3)29-18-22-21-16(13-6-8-14(26-2)9-7-13)23(18)11-15-5-4-10-28-15/h6-9,12,15H,4-5,10-11H2,1-3H3,(H,20,24,25)/t12-,15-/m0/s1. The molecule has 0 spiro atoms. The van der Waals surface area contributed by atoms with E-state index in [1.807, 2.05) is 28.8 Å². The highest BCUT2D eigenvalue weighted by Gasteiger charge is 2.25. The number of benzene rings is 1. The molecule has 0 radical (unpaired) electrons. The van der Waals surface area contributed by atoms with Crippen molar-refractivity contribution in [1.29, 1.82) is 0 Å². The maximum Gasteiger partial charge on any atom is 0.413 e. The number of aromatic nitrogens is 3. The molecular weight excluding hydrogens is 396 g/mol. The van der Waals surface area contributed by atoms with Gasteiger partial charge in [0.15, 0.2) is 11.0 Å². The molecule has 2 heterocycles. The number of alkyl carbamates (subject to hydrolysis) is 1. The number of hydrogen-bond acceptors (Lipinski definition) is 8. The molecule has 1 aliphatic heterocycles. The molecule has 1 fully saturated rings. The van der Waals surface area contributed by atoms with Crippen LogP contribution in [0.1, 0.15) is 19.8 Å². The monoisotopic (exact) mass is 420 g/mol. The van der Waals surface area contributed by atoms with Gasteiger partial charge < -0.3 is 14.2 Å². The zero-order valence-corrected chi connectivity index (χ0v) is 17.4. The summed E-state index contributed by atoms with van der Waals surface area (Å²) in [6.07, 6.45) is 1.26. The Morgan fingerprint density at radius 3 is 2.69 bits per heavy atom. The summed E-state index contributed by atoms with van der Waals surface area (Å²) in [6, 6.07) is 7.55. The van der Waals surface area contributed by atoms with Crippen LogP contribution in [0.15, 0.2) is 29.4 Å². The van der Waals surface area contributed by atoms with Gasteiger partial charge in [0.25, 0.3) is 0 Å². The fourth-order valence-electron chi connectivity index (χ4n) is 2.95. The summed E-state index contributed by atoms with van der Waals surface area (Å²) < 4.78 is 17.4. The number of carbonyl (C=O) groups is 2. The highest BCUT2D eigenvalue weighted by atomic mass is 32.2. The number of rotatable bonds is 7. The SMILES string of the molecule is COC(=O)NC(=O)[C@H](C)Sc1nnc(-c2ccc(OC)cc2)n1C[C@@H]1CCCO1. The van der Waals surface area contributed by atoms with Crippen LogP contribution >= 0.6 is 11.8 Å². The quantitative estimate of drug-likeness (QED) is 0.681. The Hall–Kier alpha value is -2.59. The second-order valence-corrected chi connectivity index (χ2v) is 7.83. The van der Waals surface area contributed by atoms with Crippen molar-refractivity contribution in [2.75, 3.05) is 20.8 Å². The van der Waals surface area contributed by atoms with E-state index in [0.717, 1.165) is 30.8 Å². The molecule has 1 aromatic heterocycles. The average Bonchev–Trinajstić information content (AvgIpc) is 3.38. The highest BCUT2D eigenvalue weighted by Crippen LogP contribution is 2.29. The maximum atomic E-state index is 12.2. The van der Waals surface area contributed by atoms with Crippen LogP contribution in [0.2, 0.25) is 0 Å². The number of imide groups is 1. The molecule has 0 aliphatic carbocycles. The molecule has 10 heteroatoms. The lowest BCUT2D eigenvalue weighted by Crippen LogP contribution is -2.36. The van der Waals surface area contributed by atoms with Crippen LogP contribution in [-0.4, -0.2) is 58.9 Å². The van der Waals surface area contributed by atoms with Gasteiger partial charge in [-0.15, -0.1) is 10.2 Å². The largest absolute Gasteiger partial charge is 0.497 e. The first-order valence-corrected chi connectivity index (χ1v) is 10.1. The number of carbonyl (C=O) groups excluding carboxylic acids is 2. The predicted octanol–water partition coefficient (Wildman–Crippen LogP) is 2.50. The van der Waals surface area contributed by atoms with Crippen molar-refractivity contribution in [3.63, 3.8) is 0 Å². The van der Waals surface area contributed by atoms with Gasteiger partial charge in [-0.05, 0) is 44.0 Å². The van der Waals surface area contributed by atoms with Crippen LogP contribution in [0, 0.1) is 0 Å². The van der Waals surface area contributed by atoms with Gasteiger partial charge in [0, 0.05) is 12.2 Å². The fourth-order valence-corrected chi connectivity index (χ4v) is 3.81.